The summed E-state index contributed by atoms with van der Waals surface area (Å²) in [6, 6.07) is 17.7. The fourth-order valence-electron chi connectivity index (χ4n) is 3.86. The van der Waals surface area contributed by atoms with Crippen LogP contribution in [0.1, 0.15) is 16.1 Å². The van der Waals surface area contributed by atoms with Crippen molar-refractivity contribution in [3.8, 4) is 11.1 Å². The summed E-state index contributed by atoms with van der Waals surface area (Å²) in [7, 11) is 1.46. The van der Waals surface area contributed by atoms with Crippen LogP contribution in [0.25, 0.3) is 21.9 Å². The number of rotatable bonds is 6. The van der Waals surface area contributed by atoms with Gasteiger partial charge < -0.3 is 14.6 Å². The average Bonchev–Trinajstić information content (AvgIpc) is 2.86. The zero-order chi connectivity index (χ0) is 26.0. The topological polar surface area (TPSA) is 121 Å². The van der Waals surface area contributed by atoms with E-state index >= 15 is 0 Å². The normalized spacial score (nSPS) is 10.8. The number of non-ortho nitro benzene ring substituents is 1. The number of aromatic nitrogens is 1. The highest BCUT2D eigenvalue weighted by Gasteiger charge is 2.24. The Balaban J connectivity index is 1.67. The molecule has 182 valence electrons. The van der Waals surface area contributed by atoms with Crippen LogP contribution in [0.2, 0.25) is 5.02 Å². The van der Waals surface area contributed by atoms with Crippen LogP contribution in [0.5, 0.6) is 0 Å². The molecule has 1 amide bonds. The standard InChI is InChI=1S/C26H20ClN3O6/c1-15-7-12-18(30(34)35)13-21(15)28-22(31)14-36-26(33)24-23(16-8-10-17(27)11-9-16)19-5-3-4-6-20(19)25(32)29(24)2/h3-13H,14H2,1-2H3,(H,28,31). The Morgan fingerprint density at radius 1 is 1.06 bits per heavy atom. The lowest BCUT2D eigenvalue weighted by molar-refractivity contribution is -0.384. The number of nitrogens with zero attached hydrogens (tertiary/aromatic N) is 2. The Morgan fingerprint density at radius 2 is 1.72 bits per heavy atom. The van der Waals surface area contributed by atoms with E-state index in [0.717, 1.165) is 0 Å². The summed E-state index contributed by atoms with van der Waals surface area (Å²) < 4.78 is 6.47. The maximum absolute atomic E-state index is 13.2. The number of fused-ring (bicyclic) bond motifs is 1. The molecule has 0 aliphatic carbocycles. The maximum Gasteiger partial charge on any atom is 0.356 e. The Hall–Kier alpha value is -4.50. The average molecular weight is 506 g/mol. The number of esters is 1. The van der Waals surface area contributed by atoms with E-state index in [-0.39, 0.29) is 17.1 Å². The molecule has 10 heteroatoms. The first kappa shape index (κ1) is 24.6. The van der Waals surface area contributed by atoms with Gasteiger partial charge in [0.25, 0.3) is 17.2 Å². The van der Waals surface area contributed by atoms with E-state index < -0.39 is 29.0 Å². The van der Waals surface area contributed by atoms with Gasteiger partial charge in [-0.1, -0.05) is 48.0 Å². The number of hydrogen-bond acceptors (Lipinski definition) is 6. The second kappa shape index (κ2) is 10.0. The largest absolute Gasteiger partial charge is 0.451 e. The van der Waals surface area contributed by atoms with Crippen molar-refractivity contribution in [1.29, 1.82) is 0 Å². The number of carbonyl (C=O) groups is 2. The molecule has 1 N–H and O–H groups in total. The van der Waals surface area contributed by atoms with Gasteiger partial charge in [0.05, 0.1) is 10.6 Å². The second-order valence-corrected chi connectivity index (χ2v) is 8.46. The summed E-state index contributed by atoms with van der Waals surface area (Å²) in [5.74, 6) is -1.57. The number of nitro benzene ring substituents is 1. The number of nitrogens with one attached hydrogen (secondary N) is 1. The van der Waals surface area contributed by atoms with Crippen molar-refractivity contribution in [2.45, 2.75) is 6.92 Å². The van der Waals surface area contributed by atoms with Crippen LogP contribution >= 0.6 is 11.6 Å². The number of amides is 1. The van der Waals surface area contributed by atoms with Crippen molar-refractivity contribution in [2.75, 3.05) is 11.9 Å². The fraction of sp³-hybridized carbons (Fsp3) is 0.115. The van der Waals surface area contributed by atoms with Crippen molar-refractivity contribution in [2.24, 2.45) is 7.05 Å². The van der Waals surface area contributed by atoms with Crippen LogP contribution in [0.3, 0.4) is 0 Å². The number of hydrogen-bond donors (Lipinski definition) is 1. The van der Waals surface area contributed by atoms with E-state index in [9.17, 15) is 24.5 Å². The minimum atomic E-state index is -0.879. The highest BCUT2D eigenvalue weighted by molar-refractivity contribution is 6.30. The molecule has 4 aromatic rings. The number of aryl methyl sites for hydroxylation is 1. The van der Waals surface area contributed by atoms with E-state index in [1.54, 1.807) is 55.5 Å². The number of carbonyl (C=O) groups excluding carboxylic acids is 2. The number of benzene rings is 3. The third kappa shape index (κ3) is 4.82. The van der Waals surface area contributed by atoms with Crippen molar-refractivity contribution in [3.05, 3.63) is 103 Å². The van der Waals surface area contributed by atoms with Gasteiger partial charge in [0, 0.05) is 35.2 Å². The molecular formula is C26H20ClN3O6. The van der Waals surface area contributed by atoms with Crippen molar-refractivity contribution < 1.29 is 19.2 Å². The zero-order valence-corrected chi connectivity index (χ0v) is 20.0. The van der Waals surface area contributed by atoms with E-state index in [1.165, 1.54) is 29.8 Å². The van der Waals surface area contributed by atoms with E-state index in [1.807, 2.05) is 0 Å². The number of nitro groups is 1. The highest BCUT2D eigenvalue weighted by Crippen LogP contribution is 2.32. The molecule has 0 fully saturated rings. The lowest BCUT2D eigenvalue weighted by atomic mass is 9.97. The monoisotopic (exact) mass is 505 g/mol. The number of anilines is 1. The van der Waals surface area contributed by atoms with Crippen LogP contribution in [0.15, 0.2) is 71.5 Å². The van der Waals surface area contributed by atoms with Crippen LogP contribution < -0.4 is 10.9 Å². The highest BCUT2D eigenvalue weighted by atomic mass is 35.5. The molecule has 1 aromatic heterocycles. The van der Waals surface area contributed by atoms with Crippen LogP contribution in [-0.4, -0.2) is 28.0 Å². The molecule has 0 radical (unpaired) electrons. The van der Waals surface area contributed by atoms with Gasteiger partial charge in [-0.15, -0.1) is 0 Å². The van der Waals surface area contributed by atoms with Gasteiger partial charge >= 0.3 is 5.97 Å². The maximum atomic E-state index is 13.2. The molecule has 0 saturated heterocycles. The van der Waals surface area contributed by atoms with Crippen LogP contribution in [-0.2, 0) is 16.6 Å². The lowest BCUT2D eigenvalue weighted by Crippen LogP contribution is -2.28. The number of pyridine rings is 1. The lowest BCUT2D eigenvalue weighted by Gasteiger charge is -2.17. The third-order valence-corrected chi connectivity index (χ3v) is 5.92. The quantitative estimate of drug-likeness (QED) is 0.227. The summed E-state index contributed by atoms with van der Waals surface area (Å²) in [4.78, 5) is 49.2. The molecule has 0 aliphatic rings. The van der Waals surface area contributed by atoms with Gasteiger partial charge in [-0.2, -0.15) is 0 Å². The van der Waals surface area contributed by atoms with E-state index in [2.05, 4.69) is 5.32 Å². The Labute approximate surface area is 210 Å². The summed E-state index contributed by atoms with van der Waals surface area (Å²) in [6.07, 6.45) is 0. The predicted octanol–water partition coefficient (Wildman–Crippen LogP) is 4.87. The third-order valence-electron chi connectivity index (χ3n) is 5.67. The van der Waals surface area contributed by atoms with Gasteiger partial charge in [-0.3, -0.25) is 19.7 Å². The molecule has 0 unspecified atom stereocenters. The second-order valence-electron chi connectivity index (χ2n) is 8.02. The molecule has 3 aromatic carbocycles. The fourth-order valence-corrected chi connectivity index (χ4v) is 3.98. The van der Waals surface area contributed by atoms with E-state index in [0.29, 0.717) is 32.5 Å². The van der Waals surface area contributed by atoms with Gasteiger partial charge in [0.15, 0.2) is 6.61 Å². The zero-order valence-electron chi connectivity index (χ0n) is 19.3. The minimum Gasteiger partial charge on any atom is -0.451 e. The SMILES string of the molecule is Cc1ccc([N+](=O)[O-])cc1NC(=O)COC(=O)c1c(-c2ccc(Cl)cc2)c2ccccc2c(=O)n1C. The molecule has 0 saturated carbocycles. The molecule has 4 rings (SSSR count). The molecule has 0 atom stereocenters. The minimum absolute atomic E-state index is 0.0275. The Bertz CT molecular complexity index is 1580. The molecular weight excluding hydrogens is 486 g/mol. The van der Waals surface area contributed by atoms with Gasteiger partial charge in [-0.25, -0.2) is 4.79 Å². The van der Waals surface area contributed by atoms with Crippen molar-refractivity contribution >= 4 is 45.6 Å². The van der Waals surface area contributed by atoms with Crippen molar-refractivity contribution in [3.63, 3.8) is 0 Å². The summed E-state index contributed by atoms with van der Waals surface area (Å²) in [5.41, 5.74) is 1.31. The number of ether oxygens (including phenoxy) is 1. The molecule has 0 bridgehead atoms. The van der Waals surface area contributed by atoms with Crippen LogP contribution in [0, 0.1) is 17.0 Å². The summed E-state index contributed by atoms with van der Waals surface area (Å²) in [6.45, 7) is 1.01. The van der Waals surface area contributed by atoms with Crippen molar-refractivity contribution in [1.82, 2.24) is 4.57 Å². The van der Waals surface area contributed by atoms with Crippen LogP contribution in [0.4, 0.5) is 11.4 Å². The predicted molar refractivity (Wildman–Crippen MR) is 136 cm³/mol. The Morgan fingerprint density at radius 3 is 2.39 bits per heavy atom. The molecule has 1 heterocycles. The smallest absolute Gasteiger partial charge is 0.356 e. The molecule has 36 heavy (non-hydrogen) atoms. The van der Waals surface area contributed by atoms with Gasteiger partial charge in [0.1, 0.15) is 5.69 Å². The van der Waals surface area contributed by atoms with Gasteiger partial charge in [0.2, 0.25) is 0 Å². The summed E-state index contributed by atoms with van der Waals surface area (Å²) in [5, 5.41) is 15.0. The molecule has 9 nitrogen and oxygen atoms in total. The first-order chi connectivity index (χ1) is 17.2. The Kier molecular flexibility index (Phi) is 6.84. The first-order valence-corrected chi connectivity index (χ1v) is 11.1. The number of halogens is 1. The molecule has 0 aliphatic heterocycles. The van der Waals surface area contributed by atoms with Gasteiger partial charge in [-0.05, 0) is 41.6 Å². The summed E-state index contributed by atoms with van der Waals surface area (Å²) >= 11 is 6.04. The van der Waals surface area contributed by atoms with E-state index in [4.69, 9.17) is 16.3 Å². The first-order valence-electron chi connectivity index (χ1n) is 10.8. The molecule has 0 spiro atoms.